The van der Waals surface area contributed by atoms with Gasteiger partial charge in [-0.25, -0.2) is 4.79 Å². The molecular weight excluding hydrogens is 200 g/mol. The minimum absolute atomic E-state index is 0.0210. The highest BCUT2D eigenvalue weighted by molar-refractivity contribution is 5.71. The van der Waals surface area contributed by atoms with E-state index in [1.165, 1.54) is 6.92 Å². The Balaban J connectivity index is 2.47. The smallest absolute Gasteiger partial charge is 0.332 e. The van der Waals surface area contributed by atoms with Crippen LogP contribution in [0.15, 0.2) is 4.52 Å². The van der Waals surface area contributed by atoms with Crippen molar-refractivity contribution >= 4 is 5.97 Å². The summed E-state index contributed by atoms with van der Waals surface area (Å²) in [5.41, 5.74) is 0. The molecule has 0 bridgehead atoms. The van der Waals surface area contributed by atoms with E-state index in [1.54, 1.807) is 0 Å². The normalized spacial score (nSPS) is 13.1. The predicted octanol–water partition coefficient (Wildman–Crippen LogP) is 1.18. The molecule has 0 radical (unpaired) electrons. The van der Waals surface area contributed by atoms with Gasteiger partial charge in [-0.3, -0.25) is 0 Å². The number of carboxylic acids is 1. The largest absolute Gasteiger partial charge is 0.479 e. The fourth-order valence-corrected chi connectivity index (χ4v) is 0.829. The second-order valence-electron chi connectivity index (χ2n) is 3.49. The van der Waals surface area contributed by atoms with E-state index in [1.807, 2.05) is 13.8 Å². The Labute approximate surface area is 87.2 Å². The van der Waals surface area contributed by atoms with Crippen molar-refractivity contribution in [3.8, 4) is 0 Å². The topological polar surface area (TPSA) is 85.5 Å². The van der Waals surface area contributed by atoms with Gasteiger partial charge in [0.25, 0.3) is 5.89 Å². The van der Waals surface area contributed by atoms with Gasteiger partial charge in [0.2, 0.25) is 0 Å². The lowest BCUT2D eigenvalue weighted by Crippen LogP contribution is -2.19. The van der Waals surface area contributed by atoms with Crippen LogP contribution in [-0.4, -0.2) is 27.3 Å². The van der Waals surface area contributed by atoms with Crippen LogP contribution in [0.4, 0.5) is 0 Å². The van der Waals surface area contributed by atoms with E-state index in [0.717, 1.165) is 0 Å². The quantitative estimate of drug-likeness (QED) is 0.792. The number of aromatic nitrogens is 2. The average molecular weight is 214 g/mol. The van der Waals surface area contributed by atoms with Gasteiger partial charge in [0.05, 0.1) is 0 Å². The number of nitrogens with zero attached hydrogens (tertiary/aromatic N) is 2. The fourth-order valence-electron chi connectivity index (χ4n) is 0.829. The molecule has 1 N–H and O–H groups in total. The number of hydrogen-bond donors (Lipinski definition) is 1. The van der Waals surface area contributed by atoms with Crippen molar-refractivity contribution in [2.24, 2.45) is 0 Å². The number of carboxylic acid groups (broad SMARTS) is 1. The summed E-state index contributed by atoms with van der Waals surface area (Å²) >= 11 is 0. The molecule has 6 heteroatoms. The van der Waals surface area contributed by atoms with Crippen molar-refractivity contribution in [2.75, 3.05) is 0 Å². The second-order valence-corrected chi connectivity index (χ2v) is 3.49. The standard InChI is InChI=1S/C9H14N2O4/c1-5(2)8-10-7(15-11-8)4-14-6(3)9(12)13/h5-6H,4H2,1-3H3,(H,12,13). The van der Waals surface area contributed by atoms with E-state index in [9.17, 15) is 4.79 Å². The van der Waals surface area contributed by atoms with E-state index >= 15 is 0 Å². The molecule has 1 rings (SSSR count). The molecule has 1 unspecified atom stereocenters. The molecule has 1 heterocycles. The lowest BCUT2D eigenvalue weighted by molar-refractivity contribution is -0.150. The van der Waals surface area contributed by atoms with Crippen LogP contribution in [0.5, 0.6) is 0 Å². The first kappa shape index (κ1) is 11.6. The highest BCUT2D eigenvalue weighted by Gasteiger charge is 2.14. The first-order valence-electron chi connectivity index (χ1n) is 4.67. The molecular formula is C9H14N2O4. The number of aliphatic carboxylic acids is 1. The van der Waals surface area contributed by atoms with Crippen molar-refractivity contribution in [2.45, 2.75) is 39.4 Å². The zero-order chi connectivity index (χ0) is 11.4. The van der Waals surface area contributed by atoms with Gasteiger partial charge in [0.1, 0.15) is 6.61 Å². The van der Waals surface area contributed by atoms with Gasteiger partial charge < -0.3 is 14.4 Å². The van der Waals surface area contributed by atoms with Gasteiger partial charge >= 0.3 is 5.97 Å². The van der Waals surface area contributed by atoms with Crippen LogP contribution >= 0.6 is 0 Å². The zero-order valence-electron chi connectivity index (χ0n) is 8.93. The van der Waals surface area contributed by atoms with Crippen molar-refractivity contribution < 1.29 is 19.2 Å². The molecule has 0 spiro atoms. The van der Waals surface area contributed by atoms with Crippen LogP contribution in [0.3, 0.4) is 0 Å². The third kappa shape index (κ3) is 3.32. The highest BCUT2D eigenvalue weighted by atomic mass is 16.5. The van der Waals surface area contributed by atoms with Crippen LogP contribution < -0.4 is 0 Å². The SMILES string of the molecule is CC(OCc1nc(C(C)C)no1)C(=O)O. The third-order valence-corrected chi connectivity index (χ3v) is 1.80. The Hall–Kier alpha value is -1.43. The van der Waals surface area contributed by atoms with E-state index in [0.29, 0.717) is 11.7 Å². The summed E-state index contributed by atoms with van der Waals surface area (Å²) in [5.74, 6) is 0.0568. The number of rotatable bonds is 5. The molecule has 1 aromatic heterocycles. The van der Waals surface area contributed by atoms with Crippen molar-refractivity contribution in [1.29, 1.82) is 0 Å². The molecule has 0 saturated carbocycles. The van der Waals surface area contributed by atoms with Crippen LogP contribution in [0.2, 0.25) is 0 Å². The molecule has 0 fully saturated rings. The Kier molecular flexibility index (Phi) is 3.79. The van der Waals surface area contributed by atoms with Crippen LogP contribution in [0.25, 0.3) is 0 Å². The van der Waals surface area contributed by atoms with E-state index in [4.69, 9.17) is 14.4 Å². The number of carbonyl (C=O) groups is 1. The Morgan fingerprint density at radius 3 is 2.67 bits per heavy atom. The molecule has 0 aliphatic heterocycles. The van der Waals surface area contributed by atoms with Gasteiger partial charge in [0.15, 0.2) is 11.9 Å². The first-order valence-corrected chi connectivity index (χ1v) is 4.67. The molecule has 0 amide bonds. The van der Waals surface area contributed by atoms with E-state index < -0.39 is 12.1 Å². The molecule has 0 saturated heterocycles. The molecule has 84 valence electrons. The summed E-state index contributed by atoms with van der Waals surface area (Å²) in [7, 11) is 0. The molecule has 0 aliphatic carbocycles. The Morgan fingerprint density at radius 2 is 2.20 bits per heavy atom. The molecule has 0 aromatic carbocycles. The maximum atomic E-state index is 10.4. The zero-order valence-corrected chi connectivity index (χ0v) is 8.93. The van der Waals surface area contributed by atoms with Crippen LogP contribution in [0.1, 0.15) is 38.4 Å². The summed E-state index contributed by atoms with van der Waals surface area (Å²) in [5, 5.41) is 12.3. The predicted molar refractivity (Wildman–Crippen MR) is 50.3 cm³/mol. The Bertz CT molecular complexity index is 335. The van der Waals surface area contributed by atoms with Gasteiger partial charge in [-0.05, 0) is 6.92 Å². The van der Waals surface area contributed by atoms with Gasteiger partial charge in [0, 0.05) is 5.92 Å². The third-order valence-electron chi connectivity index (χ3n) is 1.80. The summed E-state index contributed by atoms with van der Waals surface area (Å²) in [6.45, 7) is 5.35. The van der Waals surface area contributed by atoms with Crippen molar-refractivity contribution in [3.63, 3.8) is 0 Å². The fraction of sp³-hybridized carbons (Fsp3) is 0.667. The summed E-state index contributed by atoms with van der Waals surface area (Å²) < 4.78 is 9.86. The monoisotopic (exact) mass is 214 g/mol. The van der Waals surface area contributed by atoms with Gasteiger partial charge in [-0.15, -0.1) is 0 Å². The molecule has 1 atom stereocenters. The molecule has 1 aromatic rings. The van der Waals surface area contributed by atoms with Crippen LogP contribution in [0, 0.1) is 0 Å². The van der Waals surface area contributed by atoms with E-state index in [2.05, 4.69) is 10.1 Å². The van der Waals surface area contributed by atoms with Crippen LogP contribution in [-0.2, 0) is 16.1 Å². The summed E-state index contributed by atoms with van der Waals surface area (Å²) in [4.78, 5) is 14.5. The maximum Gasteiger partial charge on any atom is 0.332 e. The number of ether oxygens (including phenoxy) is 1. The van der Waals surface area contributed by atoms with Crippen molar-refractivity contribution in [1.82, 2.24) is 10.1 Å². The lowest BCUT2D eigenvalue weighted by atomic mass is 10.2. The maximum absolute atomic E-state index is 10.4. The molecule has 6 nitrogen and oxygen atoms in total. The minimum Gasteiger partial charge on any atom is -0.479 e. The molecule has 0 aliphatic rings. The molecule has 15 heavy (non-hydrogen) atoms. The Morgan fingerprint density at radius 1 is 1.53 bits per heavy atom. The minimum atomic E-state index is -1.02. The second kappa shape index (κ2) is 4.88. The lowest BCUT2D eigenvalue weighted by Gasteiger charge is -2.04. The number of hydrogen-bond acceptors (Lipinski definition) is 5. The first-order chi connectivity index (χ1) is 7.00. The summed E-state index contributed by atoms with van der Waals surface area (Å²) in [6, 6.07) is 0. The average Bonchev–Trinajstić information content (AvgIpc) is 2.62. The highest BCUT2D eigenvalue weighted by Crippen LogP contribution is 2.10. The van der Waals surface area contributed by atoms with Gasteiger partial charge in [-0.2, -0.15) is 4.98 Å². The van der Waals surface area contributed by atoms with Crippen molar-refractivity contribution in [3.05, 3.63) is 11.7 Å². The van der Waals surface area contributed by atoms with E-state index in [-0.39, 0.29) is 12.5 Å². The van der Waals surface area contributed by atoms with Gasteiger partial charge in [-0.1, -0.05) is 19.0 Å². The summed E-state index contributed by atoms with van der Waals surface area (Å²) in [6.07, 6.45) is -0.876.